The third-order valence-electron chi connectivity index (χ3n) is 7.46. The van der Waals surface area contributed by atoms with E-state index < -0.39 is 6.10 Å². The van der Waals surface area contributed by atoms with Gasteiger partial charge in [0.2, 0.25) is 5.91 Å². The van der Waals surface area contributed by atoms with Crippen LogP contribution in [-0.2, 0) is 14.3 Å². The fourth-order valence-corrected chi connectivity index (χ4v) is 5.70. The van der Waals surface area contributed by atoms with E-state index in [1.807, 2.05) is 23.1 Å². The lowest BCUT2D eigenvalue weighted by Gasteiger charge is -2.38. The topological polar surface area (TPSA) is 109 Å². The Morgan fingerprint density at radius 2 is 1.91 bits per heavy atom. The van der Waals surface area contributed by atoms with Gasteiger partial charge >= 0.3 is 6.03 Å². The lowest BCUT2D eigenvalue weighted by Crippen LogP contribution is -2.48. The Kier molecular flexibility index (Phi) is 7.22. The Morgan fingerprint density at radius 3 is 2.68 bits per heavy atom. The van der Waals surface area contributed by atoms with Crippen molar-refractivity contribution >= 4 is 17.6 Å². The Labute approximate surface area is 200 Å². The summed E-state index contributed by atoms with van der Waals surface area (Å²) in [6.07, 6.45) is 5.42. The maximum absolute atomic E-state index is 12.8. The number of carbonyl (C=O) groups is 2. The van der Waals surface area contributed by atoms with Gasteiger partial charge in [0.1, 0.15) is 18.0 Å². The zero-order valence-electron chi connectivity index (χ0n) is 19.5. The van der Waals surface area contributed by atoms with E-state index in [1.54, 1.807) is 0 Å². The standard InChI is InChI=1S/C25H35N3O6/c29-15-22-24-20(13-18(33-22)14-23(30)28-8-10-32-11-9-28)19-12-17(6-7-21(19)34-24)27-25(31)26-16-4-2-1-3-5-16/h6-7,12,16,18,20,22,24,29H,1-5,8-11,13-15H2,(H2,26,27,31)/t18-,20+,22+,24-/m1/s1. The molecule has 5 rings (SSSR count). The summed E-state index contributed by atoms with van der Waals surface area (Å²) in [5.41, 5.74) is 1.70. The van der Waals surface area contributed by atoms with Gasteiger partial charge in [-0.2, -0.15) is 0 Å². The van der Waals surface area contributed by atoms with E-state index in [9.17, 15) is 14.7 Å². The van der Waals surface area contributed by atoms with E-state index in [4.69, 9.17) is 14.2 Å². The molecular formula is C25H35N3O6. The van der Waals surface area contributed by atoms with E-state index in [2.05, 4.69) is 10.6 Å². The second-order valence-corrected chi connectivity index (χ2v) is 9.79. The Balaban J connectivity index is 1.25. The molecule has 2 saturated heterocycles. The molecule has 0 bridgehead atoms. The fourth-order valence-electron chi connectivity index (χ4n) is 5.70. The summed E-state index contributed by atoms with van der Waals surface area (Å²) >= 11 is 0. The smallest absolute Gasteiger partial charge is 0.319 e. The summed E-state index contributed by atoms with van der Waals surface area (Å²) in [5.74, 6) is 0.791. The molecule has 3 amide bonds. The molecule has 1 aromatic rings. The second kappa shape index (κ2) is 10.5. The van der Waals surface area contributed by atoms with Crippen LogP contribution in [0.3, 0.4) is 0 Å². The highest BCUT2D eigenvalue weighted by atomic mass is 16.6. The summed E-state index contributed by atoms with van der Waals surface area (Å²) < 4.78 is 17.6. The van der Waals surface area contributed by atoms with E-state index in [0.717, 1.165) is 37.0 Å². The van der Waals surface area contributed by atoms with Gasteiger partial charge in [0, 0.05) is 36.3 Å². The number of ether oxygens (including phenoxy) is 3. The highest BCUT2D eigenvalue weighted by Gasteiger charge is 2.46. The number of benzene rings is 1. The first-order valence-electron chi connectivity index (χ1n) is 12.6. The predicted molar refractivity (Wildman–Crippen MR) is 125 cm³/mol. The number of aliphatic hydroxyl groups is 1. The Bertz CT molecular complexity index is 883. The van der Waals surface area contributed by atoms with Crippen molar-refractivity contribution in [1.29, 1.82) is 0 Å². The van der Waals surface area contributed by atoms with Crippen LogP contribution < -0.4 is 15.4 Å². The molecular weight excluding hydrogens is 438 g/mol. The number of anilines is 1. The van der Waals surface area contributed by atoms with Crippen LogP contribution in [0.15, 0.2) is 18.2 Å². The van der Waals surface area contributed by atoms with E-state index in [-0.39, 0.29) is 49.1 Å². The number of nitrogens with zero attached hydrogens (tertiary/aromatic N) is 1. The Hall–Kier alpha value is -2.36. The van der Waals surface area contributed by atoms with Crippen LogP contribution in [0.1, 0.15) is 56.4 Å². The van der Waals surface area contributed by atoms with E-state index in [1.165, 1.54) is 6.42 Å². The maximum Gasteiger partial charge on any atom is 0.319 e. The van der Waals surface area contributed by atoms with Gasteiger partial charge in [0.15, 0.2) is 0 Å². The SMILES string of the molecule is O=C(Nc1ccc2c(c1)[C@@H]1C[C@H](CC(=O)N3CCOCC3)O[C@@H](CO)[C@@H]1O2)NC1CCCCC1. The highest BCUT2D eigenvalue weighted by molar-refractivity contribution is 5.89. The van der Waals surface area contributed by atoms with Gasteiger partial charge in [-0.05, 0) is 37.5 Å². The molecule has 9 nitrogen and oxygen atoms in total. The van der Waals surface area contributed by atoms with Gasteiger partial charge < -0.3 is 34.9 Å². The van der Waals surface area contributed by atoms with Crippen LogP contribution in [0.25, 0.3) is 0 Å². The molecule has 4 atom stereocenters. The molecule has 3 aliphatic heterocycles. The molecule has 1 saturated carbocycles. The third kappa shape index (κ3) is 5.16. The first kappa shape index (κ1) is 23.4. The number of urea groups is 1. The number of rotatable bonds is 5. The van der Waals surface area contributed by atoms with Crippen molar-refractivity contribution < 1.29 is 28.9 Å². The second-order valence-electron chi connectivity index (χ2n) is 9.79. The minimum Gasteiger partial charge on any atom is -0.487 e. The van der Waals surface area contributed by atoms with Gasteiger partial charge in [0.25, 0.3) is 0 Å². The number of fused-ring (bicyclic) bond motifs is 3. The molecule has 186 valence electrons. The average Bonchev–Trinajstić information content (AvgIpc) is 3.22. The molecule has 0 spiro atoms. The average molecular weight is 474 g/mol. The fraction of sp³-hybridized carbons (Fsp3) is 0.680. The summed E-state index contributed by atoms with van der Waals surface area (Å²) in [5, 5.41) is 16.0. The van der Waals surface area contributed by atoms with Crippen LogP contribution in [0, 0.1) is 0 Å². The maximum atomic E-state index is 12.8. The van der Waals surface area contributed by atoms with Gasteiger partial charge in [0.05, 0.1) is 32.3 Å². The first-order chi connectivity index (χ1) is 16.6. The zero-order valence-corrected chi connectivity index (χ0v) is 19.5. The predicted octanol–water partition coefficient (Wildman–Crippen LogP) is 2.38. The molecule has 4 aliphatic rings. The molecule has 1 aromatic carbocycles. The number of carbonyl (C=O) groups excluding carboxylic acids is 2. The van der Waals surface area contributed by atoms with Crippen molar-refractivity contribution in [3.63, 3.8) is 0 Å². The molecule has 3 fully saturated rings. The van der Waals surface area contributed by atoms with Gasteiger partial charge in [-0.25, -0.2) is 4.79 Å². The number of hydrogen-bond donors (Lipinski definition) is 3. The largest absolute Gasteiger partial charge is 0.487 e. The number of nitrogens with one attached hydrogen (secondary N) is 2. The zero-order chi connectivity index (χ0) is 23.5. The van der Waals surface area contributed by atoms with Crippen LogP contribution in [0.5, 0.6) is 5.75 Å². The quantitative estimate of drug-likeness (QED) is 0.606. The van der Waals surface area contributed by atoms with Crippen molar-refractivity contribution in [2.45, 2.75) is 75.2 Å². The van der Waals surface area contributed by atoms with E-state index >= 15 is 0 Å². The van der Waals surface area contributed by atoms with Gasteiger partial charge in [-0.1, -0.05) is 19.3 Å². The molecule has 0 radical (unpaired) electrons. The number of morpholine rings is 1. The molecule has 0 aromatic heterocycles. The van der Waals surface area contributed by atoms with Crippen LogP contribution >= 0.6 is 0 Å². The minimum absolute atomic E-state index is 0.00783. The lowest BCUT2D eigenvalue weighted by molar-refractivity contribution is -0.151. The summed E-state index contributed by atoms with van der Waals surface area (Å²) in [7, 11) is 0. The van der Waals surface area contributed by atoms with Crippen molar-refractivity contribution in [1.82, 2.24) is 10.2 Å². The molecule has 1 aliphatic carbocycles. The number of aliphatic hydroxyl groups excluding tert-OH is 1. The molecule has 34 heavy (non-hydrogen) atoms. The van der Waals surface area contributed by atoms with Crippen molar-refractivity contribution in [2.24, 2.45) is 0 Å². The van der Waals surface area contributed by atoms with Crippen LogP contribution in [-0.4, -0.2) is 79.2 Å². The summed E-state index contributed by atoms with van der Waals surface area (Å²) in [6.45, 7) is 2.15. The third-order valence-corrected chi connectivity index (χ3v) is 7.46. The summed E-state index contributed by atoms with van der Waals surface area (Å²) in [6, 6.07) is 5.72. The monoisotopic (exact) mass is 473 g/mol. The Morgan fingerprint density at radius 1 is 1.12 bits per heavy atom. The summed E-state index contributed by atoms with van der Waals surface area (Å²) in [4.78, 5) is 27.1. The van der Waals surface area contributed by atoms with Crippen LogP contribution in [0.4, 0.5) is 10.5 Å². The van der Waals surface area contributed by atoms with Crippen molar-refractivity contribution in [3.8, 4) is 5.75 Å². The first-order valence-corrected chi connectivity index (χ1v) is 12.6. The number of amides is 3. The molecule has 3 heterocycles. The van der Waals surface area contributed by atoms with Crippen LogP contribution in [0.2, 0.25) is 0 Å². The van der Waals surface area contributed by atoms with Gasteiger partial charge in [-0.15, -0.1) is 0 Å². The normalized spacial score (nSPS) is 29.0. The van der Waals surface area contributed by atoms with Crippen molar-refractivity contribution in [2.75, 3.05) is 38.2 Å². The molecule has 0 unspecified atom stereocenters. The van der Waals surface area contributed by atoms with Gasteiger partial charge in [-0.3, -0.25) is 4.79 Å². The van der Waals surface area contributed by atoms with Crippen molar-refractivity contribution in [3.05, 3.63) is 23.8 Å². The highest BCUT2D eigenvalue weighted by Crippen LogP contribution is 2.47. The molecule has 3 N–H and O–H groups in total. The minimum atomic E-state index is -0.500. The van der Waals surface area contributed by atoms with E-state index in [0.29, 0.717) is 38.4 Å². The lowest BCUT2D eigenvalue weighted by atomic mass is 9.84. The number of hydrogen-bond acceptors (Lipinski definition) is 6. The molecule has 9 heteroatoms.